The minimum atomic E-state index is -0.704. The molecule has 0 spiro atoms. The third kappa shape index (κ3) is 4.58. The molecule has 1 aliphatic heterocycles. The summed E-state index contributed by atoms with van der Waals surface area (Å²) in [5, 5.41) is 16.9. The van der Waals surface area contributed by atoms with Gasteiger partial charge in [-0.3, -0.25) is 19.7 Å². The number of aromatic nitrogens is 2. The Morgan fingerprint density at radius 2 is 1.90 bits per heavy atom. The fourth-order valence-electron chi connectivity index (χ4n) is 2.65. The molecule has 1 N–H and O–H groups in total. The monoisotopic (exact) mass is 426 g/mol. The molecule has 4 rings (SSSR count). The Labute approximate surface area is 173 Å². The predicted octanol–water partition coefficient (Wildman–Crippen LogP) is 1.85. The lowest BCUT2D eigenvalue weighted by atomic mass is 10.2. The van der Waals surface area contributed by atoms with Crippen molar-refractivity contribution in [2.75, 3.05) is 13.3 Å². The lowest BCUT2D eigenvalue weighted by Gasteiger charge is -2.05. The second-order valence-electron chi connectivity index (χ2n) is 6.23. The number of amides is 1. The minimum Gasteiger partial charge on any atom is -0.454 e. The number of nitrogens with zero attached hydrogens (tertiary/aromatic N) is 3. The average molecular weight is 426 g/mol. The number of fused-ring (bicyclic) bond motifs is 1. The van der Waals surface area contributed by atoms with E-state index in [1.165, 1.54) is 30.3 Å². The molecule has 31 heavy (non-hydrogen) atoms. The third-order valence-electron chi connectivity index (χ3n) is 4.19. The lowest BCUT2D eigenvalue weighted by Crippen LogP contribution is -2.30. The molecular formula is C19H14N4O8. The molecule has 0 radical (unpaired) electrons. The summed E-state index contributed by atoms with van der Waals surface area (Å²) < 4.78 is 20.4. The van der Waals surface area contributed by atoms with Crippen LogP contribution in [0.4, 0.5) is 5.69 Å². The van der Waals surface area contributed by atoms with Gasteiger partial charge in [0.05, 0.1) is 4.92 Å². The number of nitro benzene ring substituents is 1. The van der Waals surface area contributed by atoms with Crippen molar-refractivity contribution in [1.29, 1.82) is 0 Å². The van der Waals surface area contributed by atoms with Gasteiger partial charge in [-0.2, -0.15) is 4.98 Å². The topological polar surface area (TPSA) is 156 Å². The van der Waals surface area contributed by atoms with E-state index in [2.05, 4.69) is 15.5 Å². The van der Waals surface area contributed by atoms with E-state index < -0.39 is 16.8 Å². The molecule has 12 heteroatoms. The first kappa shape index (κ1) is 19.8. The number of ether oxygens (including phenoxy) is 3. The summed E-state index contributed by atoms with van der Waals surface area (Å²) in [5.74, 6) is 0.0394. The van der Waals surface area contributed by atoms with Crippen molar-refractivity contribution in [3.8, 4) is 22.9 Å². The summed E-state index contributed by atoms with van der Waals surface area (Å²) in [6.07, 6.45) is 0. The van der Waals surface area contributed by atoms with Gasteiger partial charge in [0.15, 0.2) is 18.1 Å². The van der Waals surface area contributed by atoms with E-state index in [1.54, 1.807) is 12.1 Å². The van der Waals surface area contributed by atoms with Gasteiger partial charge in [0.2, 0.25) is 12.6 Å². The molecule has 1 aliphatic rings. The van der Waals surface area contributed by atoms with E-state index in [4.69, 9.17) is 18.7 Å². The van der Waals surface area contributed by atoms with Crippen LogP contribution in [0, 0.1) is 10.1 Å². The maximum atomic E-state index is 12.2. The number of nitrogens with one attached hydrogen (secondary N) is 1. The maximum absolute atomic E-state index is 12.2. The predicted molar refractivity (Wildman–Crippen MR) is 101 cm³/mol. The van der Waals surface area contributed by atoms with Crippen LogP contribution in [-0.2, 0) is 16.1 Å². The normalized spacial score (nSPS) is 11.7. The first-order valence-electron chi connectivity index (χ1n) is 8.90. The molecule has 0 saturated carbocycles. The van der Waals surface area contributed by atoms with Crippen LogP contribution >= 0.6 is 0 Å². The Balaban J connectivity index is 1.26. The van der Waals surface area contributed by atoms with Crippen molar-refractivity contribution < 1.29 is 33.2 Å². The number of non-ortho nitro benzene ring substituents is 1. The zero-order valence-electron chi connectivity index (χ0n) is 15.8. The molecule has 12 nitrogen and oxygen atoms in total. The molecule has 0 atom stereocenters. The zero-order valence-corrected chi connectivity index (χ0v) is 15.8. The maximum Gasteiger partial charge on any atom is 0.325 e. The lowest BCUT2D eigenvalue weighted by molar-refractivity contribution is -0.384. The van der Waals surface area contributed by atoms with Gasteiger partial charge in [-0.15, -0.1) is 0 Å². The van der Waals surface area contributed by atoms with Crippen molar-refractivity contribution in [2.24, 2.45) is 0 Å². The number of hydrogen-bond donors (Lipinski definition) is 1. The number of rotatable bonds is 7. The van der Waals surface area contributed by atoms with Gasteiger partial charge in [-0.1, -0.05) is 5.16 Å². The van der Waals surface area contributed by atoms with Crippen molar-refractivity contribution in [1.82, 2.24) is 15.5 Å². The Kier molecular flexibility index (Phi) is 5.43. The van der Waals surface area contributed by atoms with Crippen molar-refractivity contribution in [3.05, 3.63) is 64.0 Å². The highest BCUT2D eigenvalue weighted by molar-refractivity contribution is 5.96. The molecule has 0 saturated heterocycles. The first-order valence-corrected chi connectivity index (χ1v) is 8.90. The van der Waals surface area contributed by atoms with E-state index in [0.717, 1.165) is 0 Å². The number of benzene rings is 2. The molecule has 0 bridgehead atoms. The van der Waals surface area contributed by atoms with E-state index >= 15 is 0 Å². The molecule has 1 aromatic heterocycles. The van der Waals surface area contributed by atoms with E-state index in [1.807, 2.05) is 0 Å². The van der Waals surface area contributed by atoms with Crippen molar-refractivity contribution in [2.45, 2.75) is 6.61 Å². The SMILES string of the molecule is O=C(CNC(=O)c1ccc2c(c1)OCO2)OCc1nc(-c2ccc([N+](=O)[O-])cc2)no1. The van der Waals surface area contributed by atoms with Gasteiger partial charge in [0.25, 0.3) is 17.5 Å². The second-order valence-corrected chi connectivity index (χ2v) is 6.23. The zero-order chi connectivity index (χ0) is 21.8. The summed E-state index contributed by atoms with van der Waals surface area (Å²) in [5.41, 5.74) is 0.744. The van der Waals surface area contributed by atoms with Crippen molar-refractivity contribution in [3.63, 3.8) is 0 Å². The Morgan fingerprint density at radius 1 is 1.13 bits per heavy atom. The van der Waals surface area contributed by atoms with Gasteiger partial charge < -0.3 is 24.1 Å². The molecule has 1 amide bonds. The van der Waals surface area contributed by atoms with Gasteiger partial charge in [-0.25, -0.2) is 0 Å². The molecule has 2 aromatic carbocycles. The summed E-state index contributed by atoms with van der Waals surface area (Å²) in [4.78, 5) is 38.3. The fraction of sp³-hybridized carbons (Fsp3) is 0.158. The largest absolute Gasteiger partial charge is 0.454 e. The van der Waals surface area contributed by atoms with Crippen LogP contribution in [0.15, 0.2) is 47.0 Å². The number of carbonyl (C=O) groups excluding carboxylic acids is 2. The molecule has 158 valence electrons. The highest BCUT2D eigenvalue weighted by Crippen LogP contribution is 2.32. The quantitative estimate of drug-likeness (QED) is 0.336. The third-order valence-corrected chi connectivity index (χ3v) is 4.19. The molecule has 0 aliphatic carbocycles. The van der Waals surface area contributed by atoms with Gasteiger partial charge in [0.1, 0.15) is 6.54 Å². The van der Waals surface area contributed by atoms with Crippen LogP contribution in [0.3, 0.4) is 0 Å². The standard InChI is InChI=1S/C19H14N4O8/c24-17(8-20-19(25)12-3-6-14-15(7-12)30-10-29-14)28-9-16-21-18(22-31-16)11-1-4-13(5-2-11)23(26)27/h1-7H,8-10H2,(H,20,25). The molecule has 0 fully saturated rings. The van der Waals surface area contributed by atoms with Gasteiger partial charge >= 0.3 is 5.97 Å². The minimum absolute atomic E-state index is 0.0313. The van der Waals surface area contributed by atoms with Crippen LogP contribution in [-0.4, -0.2) is 40.3 Å². The molecule has 0 unspecified atom stereocenters. The van der Waals surface area contributed by atoms with Crippen LogP contribution in [0.2, 0.25) is 0 Å². The first-order chi connectivity index (χ1) is 15.0. The summed E-state index contributed by atoms with van der Waals surface area (Å²) in [6, 6.07) is 10.2. The number of esters is 1. The number of nitro groups is 1. The van der Waals surface area contributed by atoms with Crippen LogP contribution in [0.5, 0.6) is 11.5 Å². The van der Waals surface area contributed by atoms with E-state index in [-0.39, 0.29) is 37.3 Å². The van der Waals surface area contributed by atoms with E-state index in [0.29, 0.717) is 22.6 Å². The molecule has 2 heterocycles. The summed E-state index contributed by atoms with van der Waals surface area (Å²) in [6.45, 7) is -0.566. The van der Waals surface area contributed by atoms with Crippen LogP contribution in [0.25, 0.3) is 11.4 Å². The van der Waals surface area contributed by atoms with Gasteiger partial charge in [0, 0.05) is 23.3 Å². The highest BCUT2D eigenvalue weighted by atomic mass is 16.7. The Morgan fingerprint density at radius 3 is 2.68 bits per heavy atom. The van der Waals surface area contributed by atoms with Crippen LogP contribution < -0.4 is 14.8 Å². The van der Waals surface area contributed by atoms with Gasteiger partial charge in [-0.05, 0) is 30.3 Å². The average Bonchev–Trinajstić information content (AvgIpc) is 3.45. The Bertz CT molecular complexity index is 1140. The second kappa shape index (κ2) is 8.49. The van der Waals surface area contributed by atoms with E-state index in [9.17, 15) is 19.7 Å². The highest BCUT2D eigenvalue weighted by Gasteiger charge is 2.17. The molecule has 3 aromatic rings. The fourth-order valence-corrected chi connectivity index (χ4v) is 2.65. The summed E-state index contributed by atoms with van der Waals surface area (Å²) >= 11 is 0. The van der Waals surface area contributed by atoms with Crippen molar-refractivity contribution >= 4 is 17.6 Å². The molecular weight excluding hydrogens is 412 g/mol. The number of hydrogen-bond acceptors (Lipinski definition) is 10. The summed E-state index contributed by atoms with van der Waals surface area (Å²) in [7, 11) is 0. The number of carbonyl (C=O) groups is 2. The van der Waals surface area contributed by atoms with Crippen LogP contribution in [0.1, 0.15) is 16.2 Å². The Hall–Kier alpha value is -4.48. The smallest absolute Gasteiger partial charge is 0.325 e.